The second kappa shape index (κ2) is 16.5. The van der Waals surface area contributed by atoms with Gasteiger partial charge in [-0.05, 0) is 41.6 Å². The van der Waals surface area contributed by atoms with Crippen molar-refractivity contribution < 1.29 is 25.8 Å². The molecule has 0 N–H and O–H groups in total. The SMILES string of the molecule is CC.CC(C)C1=CCC=C1C([N-]c1ccccc1C(C)C)c1cccc(-c2[c-]ccc3ccccc23)n1.[CH3-].[CH3-].[Hf+4]. The van der Waals surface area contributed by atoms with Gasteiger partial charge in [0, 0.05) is 5.69 Å². The summed E-state index contributed by atoms with van der Waals surface area (Å²) in [6.07, 6.45) is 5.64. The summed E-state index contributed by atoms with van der Waals surface area (Å²) in [6, 6.07) is 30.7. The largest absolute Gasteiger partial charge is 4.00 e. The van der Waals surface area contributed by atoms with Gasteiger partial charge in [0.25, 0.3) is 0 Å². The van der Waals surface area contributed by atoms with E-state index in [1.54, 1.807) is 0 Å². The minimum absolute atomic E-state index is 0. The molecular weight excluding hydrogens is 651 g/mol. The first-order valence-electron chi connectivity index (χ1n) is 13.6. The average molecular weight is 695 g/mol. The van der Waals surface area contributed by atoms with Gasteiger partial charge in [0.05, 0.1) is 0 Å². The average Bonchev–Trinajstić information content (AvgIpc) is 3.43. The van der Waals surface area contributed by atoms with Crippen LogP contribution in [-0.2, 0) is 25.8 Å². The molecule has 1 aromatic heterocycles. The molecule has 0 fully saturated rings. The zero-order valence-corrected chi connectivity index (χ0v) is 29.1. The van der Waals surface area contributed by atoms with E-state index in [-0.39, 0.29) is 46.7 Å². The molecule has 1 aliphatic carbocycles. The van der Waals surface area contributed by atoms with Crippen molar-refractivity contribution in [1.29, 1.82) is 0 Å². The van der Waals surface area contributed by atoms with Crippen molar-refractivity contribution in [3.8, 4) is 11.3 Å². The smallest absolute Gasteiger partial charge is 0.673 e. The van der Waals surface area contributed by atoms with Crippen molar-refractivity contribution in [2.45, 2.75) is 59.9 Å². The van der Waals surface area contributed by atoms with Crippen LogP contribution >= 0.6 is 0 Å². The van der Waals surface area contributed by atoms with Crippen molar-refractivity contribution in [3.05, 3.63) is 140 Å². The van der Waals surface area contributed by atoms with Gasteiger partial charge in [-0.1, -0.05) is 131 Å². The van der Waals surface area contributed by atoms with Crippen LogP contribution in [0.15, 0.2) is 102 Å². The van der Waals surface area contributed by atoms with Crippen LogP contribution in [0.4, 0.5) is 5.69 Å². The molecule has 206 valence electrons. The Morgan fingerprint density at radius 3 is 2.15 bits per heavy atom. The van der Waals surface area contributed by atoms with Crippen LogP contribution in [0.25, 0.3) is 27.3 Å². The molecule has 2 nitrogen and oxygen atoms in total. The van der Waals surface area contributed by atoms with E-state index >= 15 is 0 Å². The molecule has 0 saturated carbocycles. The van der Waals surface area contributed by atoms with Crippen LogP contribution in [0.3, 0.4) is 0 Å². The molecule has 0 amide bonds. The molecule has 1 aliphatic rings. The van der Waals surface area contributed by atoms with Gasteiger partial charge in [0.2, 0.25) is 0 Å². The van der Waals surface area contributed by atoms with Crippen LogP contribution < -0.4 is 0 Å². The van der Waals surface area contributed by atoms with Crippen LogP contribution in [0.1, 0.15) is 71.2 Å². The molecule has 0 bridgehead atoms. The summed E-state index contributed by atoms with van der Waals surface area (Å²) in [5, 5.41) is 7.75. The first-order valence-corrected chi connectivity index (χ1v) is 13.6. The van der Waals surface area contributed by atoms with Crippen molar-refractivity contribution in [2.75, 3.05) is 0 Å². The summed E-state index contributed by atoms with van der Waals surface area (Å²) in [5.41, 5.74) is 7.92. The van der Waals surface area contributed by atoms with E-state index in [2.05, 4.69) is 119 Å². The zero-order chi connectivity index (χ0) is 26.4. The van der Waals surface area contributed by atoms with E-state index in [9.17, 15) is 0 Å². The normalized spacial score (nSPS) is 12.7. The number of benzene rings is 3. The van der Waals surface area contributed by atoms with E-state index in [1.165, 1.54) is 27.5 Å². The van der Waals surface area contributed by atoms with E-state index in [0.29, 0.717) is 11.8 Å². The molecule has 1 heterocycles. The van der Waals surface area contributed by atoms with Gasteiger partial charge in [-0.2, -0.15) is 0 Å². The molecule has 1 unspecified atom stereocenters. The molecule has 5 rings (SSSR count). The number of hydrogen-bond donors (Lipinski definition) is 0. The maximum Gasteiger partial charge on any atom is 4.00 e. The van der Waals surface area contributed by atoms with Crippen molar-refractivity contribution >= 4 is 16.5 Å². The Kier molecular flexibility index (Phi) is 14.5. The Bertz CT molecular complexity index is 1410. The van der Waals surface area contributed by atoms with Gasteiger partial charge in [0.1, 0.15) is 0 Å². The number of hydrogen-bond acceptors (Lipinski definition) is 1. The second-order valence-corrected chi connectivity index (χ2v) is 9.84. The molecule has 1 atom stereocenters. The summed E-state index contributed by atoms with van der Waals surface area (Å²) >= 11 is 0. The minimum atomic E-state index is -0.152. The van der Waals surface area contributed by atoms with Gasteiger partial charge in [0.15, 0.2) is 0 Å². The summed E-state index contributed by atoms with van der Waals surface area (Å²) in [5.74, 6) is 0.842. The van der Waals surface area contributed by atoms with Crippen molar-refractivity contribution in [1.82, 2.24) is 4.98 Å². The fourth-order valence-electron chi connectivity index (χ4n) is 5.03. The summed E-state index contributed by atoms with van der Waals surface area (Å²) < 4.78 is 0. The van der Waals surface area contributed by atoms with Gasteiger partial charge in [-0.15, -0.1) is 34.8 Å². The number of para-hydroxylation sites is 1. The van der Waals surface area contributed by atoms with E-state index in [1.807, 2.05) is 19.9 Å². The molecule has 40 heavy (non-hydrogen) atoms. The fourth-order valence-corrected chi connectivity index (χ4v) is 5.03. The van der Waals surface area contributed by atoms with Crippen LogP contribution in [0, 0.1) is 26.8 Å². The number of rotatable bonds is 7. The quantitative estimate of drug-likeness (QED) is 0.140. The van der Waals surface area contributed by atoms with E-state index < -0.39 is 0 Å². The third kappa shape index (κ3) is 7.69. The first kappa shape index (κ1) is 35.2. The van der Waals surface area contributed by atoms with Crippen LogP contribution in [-0.4, -0.2) is 4.98 Å². The van der Waals surface area contributed by atoms with E-state index in [0.717, 1.165) is 29.1 Å². The molecule has 0 spiro atoms. The Balaban J connectivity index is 0.00000157. The van der Waals surface area contributed by atoms with Crippen molar-refractivity contribution in [3.63, 3.8) is 0 Å². The number of fused-ring (bicyclic) bond motifs is 1. The Hall–Kier alpha value is -2.78. The molecule has 0 saturated heterocycles. The third-order valence-corrected chi connectivity index (χ3v) is 6.78. The first-order chi connectivity index (χ1) is 18.0. The summed E-state index contributed by atoms with van der Waals surface area (Å²) in [4.78, 5) is 5.21. The van der Waals surface area contributed by atoms with Gasteiger partial charge in [-0.3, -0.25) is 0 Å². The Labute approximate surface area is 262 Å². The topological polar surface area (TPSA) is 27.0 Å². The van der Waals surface area contributed by atoms with Crippen LogP contribution in [0.5, 0.6) is 0 Å². The molecule has 0 aliphatic heterocycles. The van der Waals surface area contributed by atoms with Gasteiger partial charge >= 0.3 is 25.8 Å². The molecule has 3 aromatic carbocycles. The van der Waals surface area contributed by atoms with E-state index in [4.69, 9.17) is 10.3 Å². The monoisotopic (exact) mass is 696 g/mol. The number of pyridine rings is 1. The van der Waals surface area contributed by atoms with Crippen LogP contribution in [0.2, 0.25) is 0 Å². The number of allylic oxidation sites excluding steroid dienone is 2. The predicted molar refractivity (Wildman–Crippen MR) is 172 cm³/mol. The number of aromatic nitrogens is 1. The number of nitrogens with zero attached hydrogens (tertiary/aromatic N) is 2. The minimum Gasteiger partial charge on any atom is -0.673 e. The summed E-state index contributed by atoms with van der Waals surface area (Å²) in [6.45, 7) is 13.0. The zero-order valence-electron chi connectivity index (χ0n) is 25.5. The maximum absolute atomic E-state index is 5.38. The molecule has 4 aromatic rings. The second-order valence-electron chi connectivity index (χ2n) is 9.84. The molecular formula is C37H44HfN2. The van der Waals surface area contributed by atoms with Gasteiger partial charge < -0.3 is 25.2 Å². The Morgan fingerprint density at radius 1 is 0.750 bits per heavy atom. The van der Waals surface area contributed by atoms with Crippen molar-refractivity contribution in [2.24, 2.45) is 5.92 Å². The fraction of sp³-hybridized carbons (Fsp3) is 0.270. The Morgan fingerprint density at radius 2 is 1.43 bits per heavy atom. The molecule has 0 radical (unpaired) electrons. The van der Waals surface area contributed by atoms with Gasteiger partial charge in [-0.25, -0.2) is 0 Å². The third-order valence-electron chi connectivity index (χ3n) is 6.78. The summed E-state index contributed by atoms with van der Waals surface area (Å²) in [7, 11) is 0. The maximum atomic E-state index is 5.38. The standard InChI is InChI=1S/C33H32N2.C2H6.2CH3.Hf/c1-22(2)25-16-10-18-29(25)33(35-30-19-8-7-14-26(30)23(3)4)32-21-11-20-31(34-32)28-17-9-13-24-12-5-6-15-27(24)28;1-2;;;/h5-9,11-16,18-23,33H,10H2,1-4H3;1-2H3;2*1H3;/q-2;;2*-1;+4. The molecule has 3 heteroatoms. The predicted octanol–water partition coefficient (Wildman–Crippen LogP) is 11.4.